The van der Waals surface area contributed by atoms with E-state index in [1.165, 1.54) is 11.8 Å². The molecule has 0 bridgehead atoms. The number of amides is 8. The Morgan fingerprint density at radius 2 is 1.51 bits per heavy atom. The Morgan fingerprint density at radius 3 is 2.07 bits per heavy atom. The van der Waals surface area contributed by atoms with Crippen LogP contribution in [-0.4, -0.2) is 113 Å². The van der Waals surface area contributed by atoms with Crippen LogP contribution in [0.3, 0.4) is 0 Å². The predicted octanol–water partition coefficient (Wildman–Crippen LogP) is 0.742. The number of nitrogens with two attached hydrogens (primary N) is 1. The molecule has 19 nitrogen and oxygen atoms in total. The Bertz CT molecular complexity index is 1750. The van der Waals surface area contributed by atoms with Crippen molar-refractivity contribution in [1.82, 2.24) is 26.2 Å². The summed E-state index contributed by atoms with van der Waals surface area (Å²) < 4.78 is 37.8. The van der Waals surface area contributed by atoms with Crippen molar-refractivity contribution in [1.29, 1.82) is 0 Å². The Hall–Kier alpha value is -5.02. The summed E-state index contributed by atoms with van der Waals surface area (Å²) in [5, 5.41) is 12.4. The quantitative estimate of drug-likeness (QED) is 0.0328. The van der Waals surface area contributed by atoms with Crippen molar-refractivity contribution in [2.75, 3.05) is 30.4 Å². The van der Waals surface area contributed by atoms with E-state index in [2.05, 4.69) is 26.6 Å². The third-order valence-electron chi connectivity index (χ3n) is 8.66. The van der Waals surface area contributed by atoms with Crippen LogP contribution in [0.15, 0.2) is 36.4 Å². The summed E-state index contributed by atoms with van der Waals surface area (Å²) in [6.07, 6.45) is 5.25. The fraction of sp³-hybridized carbons (Fsp3) is 0.556. The molecule has 0 saturated carbocycles. The number of ether oxygens (including phenoxy) is 1. The maximum atomic E-state index is 13.6. The number of unbranched alkanes of at least 4 members (excludes halogenated alkanes) is 2. The molecule has 2 rings (SSSR count). The summed E-state index contributed by atoms with van der Waals surface area (Å²) in [6.45, 7) is 6.87. The number of imide groups is 1. The van der Waals surface area contributed by atoms with Crippen LogP contribution in [-0.2, 0) is 55.0 Å². The van der Waals surface area contributed by atoms with Gasteiger partial charge in [0.25, 0.3) is 21.9 Å². The summed E-state index contributed by atoms with van der Waals surface area (Å²) in [4.78, 5) is 101. The largest absolute Gasteiger partial charge is 0.460 e. The molecule has 0 fully saturated rings. The lowest BCUT2D eigenvalue weighted by Gasteiger charge is -2.27. The standard InChI is InChI=1S/C36H53N7O12S2/c1-22(2)30(42-32(48)26(21-57(52,53)54)40-27(44)11-7-6-8-19-43-28(45)16-17-29(43)46)33(49)41-25(10-9-18-38-35(37)51)31(47)39-24-14-12-23(13-15-24)20-55-34(50)36(3,4)56-5/h12-17,22,25-26,30H,6-11,18-21H2,1-5H3,(H,39,47)(H,40,44)(H,41,49)(H,42,48)(H3,37,38,51)(H,52,53,54)/t25-,26-,30-/m1/s1. The first kappa shape index (κ1) is 48.1. The van der Waals surface area contributed by atoms with Crippen LogP contribution in [0.4, 0.5) is 10.5 Å². The van der Waals surface area contributed by atoms with Gasteiger partial charge in [-0.25, -0.2) is 4.79 Å². The van der Waals surface area contributed by atoms with Crippen molar-refractivity contribution in [3.05, 3.63) is 42.0 Å². The number of hydrogen-bond acceptors (Lipinski definition) is 12. The molecule has 0 spiro atoms. The topological polar surface area (TPSA) is 290 Å². The van der Waals surface area contributed by atoms with Gasteiger partial charge < -0.3 is 37.1 Å². The number of urea groups is 1. The van der Waals surface area contributed by atoms with E-state index in [9.17, 15) is 51.3 Å². The number of thioether (sulfide) groups is 1. The van der Waals surface area contributed by atoms with Gasteiger partial charge in [-0.1, -0.05) is 32.4 Å². The molecule has 1 aliphatic rings. The van der Waals surface area contributed by atoms with Crippen molar-refractivity contribution in [2.24, 2.45) is 11.7 Å². The highest BCUT2D eigenvalue weighted by Crippen LogP contribution is 2.23. The number of primary amides is 1. The lowest BCUT2D eigenvalue weighted by Crippen LogP contribution is -2.59. The van der Waals surface area contributed by atoms with E-state index >= 15 is 0 Å². The fourth-order valence-corrected chi connectivity index (χ4v) is 6.08. The highest BCUT2D eigenvalue weighted by molar-refractivity contribution is 8.00. The molecule has 8 amide bonds. The van der Waals surface area contributed by atoms with Gasteiger partial charge in [0.1, 0.15) is 35.2 Å². The summed E-state index contributed by atoms with van der Waals surface area (Å²) in [5.41, 5.74) is 6.14. The Kier molecular flexibility index (Phi) is 19.1. The minimum atomic E-state index is -4.80. The van der Waals surface area contributed by atoms with E-state index in [-0.39, 0.29) is 51.3 Å². The molecule has 21 heteroatoms. The Morgan fingerprint density at radius 1 is 0.877 bits per heavy atom. The first-order chi connectivity index (χ1) is 26.6. The summed E-state index contributed by atoms with van der Waals surface area (Å²) in [5.74, 6) is -6.37. The van der Waals surface area contributed by atoms with E-state index in [1.807, 2.05) is 0 Å². The minimum Gasteiger partial charge on any atom is -0.460 e. The molecule has 1 aliphatic heterocycles. The number of nitrogens with one attached hydrogen (secondary N) is 5. The molecule has 1 aromatic carbocycles. The van der Waals surface area contributed by atoms with Gasteiger partial charge in [0.2, 0.25) is 23.6 Å². The van der Waals surface area contributed by atoms with Gasteiger partial charge in [0.15, 0.2) is 0 Å². The lowest BCUT2D eigenvalue weighted by atomic mass is 10.0. The Labute approximate surface area is 336 Å². The van der Waals surface area contributed by atoms with Gasteiger partial charge in [0.05, 0.1) is 0 Å². The second-order valence-corrected chi connectivity index (χ2v) is 17.0. The van der Waals surface area contributed by atoms with Gasteiger partial charge >= 0.3 is 12.0 Å². The second kappa shape index (κ2) is 22.7. The molecular weight excluding hydrogens is 787 g/mol. The number of carbonyl (C=O) groups excluding carboxylic acids is 8. The second-order valence-electron chi connectivity index (χ2n) is 14.0. The van der Waals surface area contributed by atoms with Gasteiger partial charge in [0, 0.05) is 37.3 Å². The third kappa shape index (κ3) is 17.3. The molecule has 0 saturated heterocycles. The first-order valence-corrected chi connectivity index (χ1v) is 21.0. The number of benzene rings is 1. The van der Waals surface area contributed by atoms with Crippen LogP contribution in [0.5, 0.6) is 0 Å². The predicted molar refractivity (Wildman–Crippen MR) is 211 cm³/mol. The van der Waals surface area contributed by atoms with E-state index in [4.69, 9.17) is 10.5 Å². The van der Waals surface area contributed by atoms with Crippen LogP contribution in [0.25, 0.3) is 0 Å². The fourth-order valence-electron chi connectivity index (χ4n) is 5.20. The summed E-state index contributed by atoms with van der Waals surface area (Å²) >= 11 is 1.35. The zero-order valence-corrected chi connectivity index (χ0v) is 34.3. The number of nitrogens with zero attached hydrogens (tertiary/aromatic N) is 1. The third-order valence-corrected chi connectivity index (χ3v) is 10.6. The molecule has 0 radical (unpaired) electrons. The van der Waals surface area contributed by atoms with Gasteiger partial charge in [-0.15, -0.1) is 11.8 Å². The molecule has 3 atom stereocenters. The molecule has 1 heterocycles. The number of anilines is 1. The number of esters is 1. The van der Waals surface area contributed by atoms with Crippen molar-refractivity contribution < 1.29 is 56.1 Å². The van der Waals surface area contributed by atoms with E-state index in [1.54, 1.807) is 58.2 Å². The first-order valence-electron chi connectivity index (χ1n) is 18.2. The average Bonchev–Trinajstić information content (AvgIpc) is 3.45. The molecule has 1 aromatic rings. The van der Waals surface area contributed by atoms with Crippen molar-refractivity contribution in [2.45, 2.75) is 95.7 Å². The lowest BCUT2D eigenvalue weighted by molar-refractivity contribution is -0.147. The Balaban J connectivity index is 2.10. The normalized spacial score (nSPS) is 14.4. The van der Waals surface area contributed by atoms with E-state index in [0.717, 1.165) is 17.1 Å². The molecule has 57 heavy (non-hydrogen) atoms. The SMILES string of the molecule is CSC(C)(C)C(=O)OCc1ccc(NC(=O)[C@@H](CCCNC(N)=O)NC(=O)[C@H](NC(=O)[C@@H](CS(=O)(=O)O)NC(=O)CCCCCN2C(=O)C=CC2=O)C(C)C)cc1. The van der Waals surface area contributed by atoms with E-state index < -0.39 is 86.1 Å². The molecule has 0 aromatic heterocycles. The zero-order chi connectivity index (χ0) is 42.9. The molecular formula is C36H53N7O12S2. The molecule has 0 aliphatic carbocycles. The number of rotatable bonds is 24. The smallest absolute Gasteiger partial charge is 0.321 e. The zero-order valence-electron chi connectivity index (χ0n) is 32.6. The maximum absolute atomic E-state index is 13.6. The molecule has 316 valence electrons. The maximum Gasteiger partial charge on any atom is 0.321 e. The van der Waals surface area contributed by atoms with Crippen molar-refractivity contribution >= 4 is 75.0 Å². The van der Waals surface area contributed by atoms with Crippen LogP contribution in [0.2, 0.25) is 0 Å². The number of carbonyl (C=O) groups is 8. The highest BCUT2D eigenvalue weighted by Gasteiger charge is 2.33. The molecule has 8 N–H and O–H groups in total. The summed E-state index contributed by atoms with van der Waals surface area (Å²) in [6, 6.07) is 1.30. The van der Waals surface area contributed by atoms with Crippen molar-refractivity contribution in [3.63, 3.8) is 0 Å². The number of hydrogen-bond donors (Lipinski definition) is 7. The van der Waals surface area contributed by atoms with E-state index in [0.29, 0.717) is 24.1 Å². The average molecular weight is 840 g/mol. The monoisotopic (exact) mass is 839 g/mol. The highest BCUT2D eigenvalue weighted by atomic mass is 32.2. The minimum absolute atomic E-state index is 0.00496. The van der Waals surface area contributed by atoms with Gasteiger partial charge in [-0.05, 0) is 69.4 Å². The van der Waals surface area contributed by atoms with Crippen LogP contribution in [0.1, 0.15) is 71.8 Å². The van der Waals surface area contributed by atoms with Crippen LogP contribution < -0.4 is 32.3 Å². The van der Waals surface area contributed by atoms with Crippen LogP contribution >= 0.6 is 11.8 Å². The van der Waals surface area contributed by atoms with Crippen LogP contribution in [0, 0.1) is 5.92 Å². The molecule has 0 unspecified atom stereocenters. The van der Waals surface area contributed by atoms with Crippen molar-refractivity contribution in [3.8, 4) is 0 Å². The van der Waals surface area contributed by atoms with Gasteiger partial charge in [-0.2, -0.15) is 8.42 Å². The summed E-state index contributed by atoms with van der Waals surface area (Å²) in [7, 11) is -4.80. The van der Waals surface area contributed by atoms with Gasteiger partial charge in [-0.3, -0.25) is 43.0 Å².